The molecule has 0 fully saturated rings. The molecule has 134 valence electrons. The molecular formula is C21H27NO3. The van der Waals surface area contributed by atoms with Crippen molar-refractivity contribution in [3.8, 4) is 11.5 Å². The van der Waals surface area contributed by atoms with Crippen LogP contribution in [0.2, 0.25) is 0 Å². The summed E-state index contributed by atoms with van der Waals surface area (Å²) in [5, 5.41) is 3.07. The average molecular weight is 341 g/mol. The Balaban J connectivity index is 2.07. The van der Waals surface area contributed by atoms with Crippen LogP contribution in [0.1, 0.15) is 43.0 Å². The molecule has 4 heteroatoms. The van der Waals surface area contributed by atoms with Crippen LogP contribution in [-0.2, 0) is 4.79 Å². The number of rotatable bonds is 7. The van der Waals surface area contributed by atoms with Crippen molar-refractivity contribution in [1.29, 1.82) is 0 Å². The normalized spacial score (nSPS) is 13.0. The van der Waals surface area contributed by atoms with Crippen molar-refractivity contribution in [1.82, 2.24) is 5.32 Å². The van der Waals surface area contributed by atoms with Gasteiger partial charge in [0.25, 0.3) is 5.91 Å². The minimum atomic E-state index is -0.542. The van der Waals surface area contributed by atoms with Gasteiger partial charge in [-0.1, -0.05) is 36.8 Å². The number of nitrogens with one attached hydrogen (secondary N) is 1. The Morgan fingerprint density at radius 3 is 2.52 bits per heavy atom. The second-order valence-electron chi connectivity index (χ2n) is 6.28. The number of methoxy groups -OCH3 is 1. The lowest BCUT2D eigenvalue weighted by molar-refractivity contribution is -0.128. The third kappa shape index (κ3) is 4.99. The predicted molar refractivity (Wildman–Crippen MR) is 100 cm³/mol. The standard InChI is InChI=1S/C21H27NO3/c1-6-20(25-18-9-7-8-17(13-18)24-5)21(23)22-16(4)19-12-14(2)10-11-15(19)3/h7-13,16,20H,6H2,1-5H3,(H,22,23). The van der Waals surface area contributed by atoms with Gasteiger partial charge in [0.05, 0.1) is 13.2 Å². The number of aryl methyl sites for hydroxylation is 2. The highest BCUT2D eigenvalue weighted by atomic mass is 16.5. The molecule has 2 atom stereocenters. The van der Waals surface area contributed by atoms with E-state index in [9.17, 15) is 4.79 Å². The van der Waals surface area contributed by atoms with E-state index in [-0.39, 0.29) is 11.9 Å². The lowest BCUT2D eigenvalue weighted by Crippen LogP contribution is -2.39. The van der Waals surface area contributed by atoms with Gasteiger partial charge >= 0.3 is 0 Å². The molecule has 2 rings (SSSR count). The first-order chi connectivity index (χ1) is 11.9. The van der Waals surface area contributed by atoms with Gasteiger partial charge in [-0.3, -0.25) is 4.79 Å². The van der Waals surface area contributed by atoms with Crippen LogP contribution in [0.3, 0.4) is 0 Å². The molecule has 0 aliphatic carbocycles. The zero-order valence-corrected chi connectivity index (χ0v) is 15.6. The summed E-state index contributed by atoms with van der Waals surface area (Å²) in [6, 6.07) is 13.5. The molecular weight excluding hydrogens is 314 g/mol. The SMILES string of the molecule is CCC(Oc1cccc(OC)c1)C(=O)NC(C)c1cc(C)ccc1C. The Kier molecular flexibility index (Phi) is 6.45. The molecule has 0 radical (unpaired) electrons. The van der Waals surface area contributed by atoms with E-state index in [1.165, 1.54) is 11.1 Å². The molecule has 0 spiro atoms. The summed E-state index contributed by atoms with van der Waals surface area (Å²) in [7, 11) is 1.61. The van der Waals surface area contributed by atoms with Crippen molar-refractivity contribution >= 4 is 5.91 Å². The van der Waals surface area contributed by atoms with Crippen LogP contribution in [0.5, 0.6) is 11.5 Å². The van der Waals surface area contributed by atoms with E-state index in [2.05, 4.69) is 37.4 Å². The number of ether oxygens (including phenoxy) is 2. The number of hydrogen-bond donors (Lipinski definition) is 1. The average Bonchev–Trinajstić information content (AvgIpc) is 2.61. The van der Waals surface area contributed by atoms with Crippen LogP contribution >= 0.6 is 0 Å². The van der Waals surface area contributed by atoms with Crippen LogP contribution < -0.4 is 14.8 Å². The molecule has 0 saturated heterocycles. The highest BCUT2D eigenvalue weighted by molar-refractivity contribution is 5.81. The third-order valence-electron chi connectivity index (χ3n) is 4.24. The topological polar surface area (TPSA) is 47.6 Å². The van der Waals surface area contributed by atoms with Gasteiger partial charge in [-0.25, -0.2) is 0 Å². The quantitative estimate of drug-likeness (QED) is 0.814. The second kappa shape index (κ2) is 8.56. The molecule has 1 amide bonds. The summed E-state index contributed by atoms with van der Waals surface area (Å²) >= 11 is 0. The molecule has 0 bridgehead atoms. The van der Waals surface area contributed by atoms with Crippen molar-refractivity contribution in [2.75, 3.05) is 7.11 Å². The van der Waals surface area contributed by atoms with Crippen LogP contribution in [-0.4, -0.2) is 19.1 Å². The largest absolute Gasteiger partial charge is 0.497 e. The fourth-order valence-electron chi connectivity index (χ4n) is 2.77. The van der Waals surface area contributed by atoms with Crippen molar-refractivity contribution in [3.63, 3.8) is 0 Å². The van der Waals surface area contributed by atoms with Crippen LogP contribution in [0, 0.1) is 13.8 Å². The molecule has 0 aromatic heterocycles. The van der Waals surface area contributed by atoms with Crippen molar-refractivity contribution in [2.45, 2.75) is 46.3 Å². The Labute approximate surface area is 150 Å². The Morgan fingerprint density at radius 2 is 1.84 bits per heavy atom. The van der Waals surface area contributed by atoms with E-state index in [0.717, 1.165) is 5.56 Å². The lowest BCUT2D eigenvalue weighted by Gasteiger charge is -2.22. The zero-order valence-electron chi connectivity index (χ0n) is 15.6. The van der Waals surface area contributed by atoms with Gasteiger partial charge in [0.2, 0.25) is 0 Å². The zero-order chi connectivity index (χ0) is 18.4. The monoisotopic (exact) mass is 341 g/mol. The van der Waals surface area contributed by atoms with Crippen molar-refractivity contribution < 1.29 is 14.3 Å². The van der Waals surface area contributed by atoms with E-state index in [1.807, 2.05) is 32.0 Å². The van der Waals surface area contributed by atoms with Gasteiger partial charge in [-0.05, 0) is 50.5 Å². The summed E-state index contributed by atoms with van der Waals surface area (Å²) in [4.78, 5) is 12.6. The third-order valence-corrected chi connectivity index (χ3v) is 4.24. The van der Waals surface area contributed by atoms with E-state index in [1.54, 1.807) is 13.2 Å². The predicted octanol–water partition coefficient (Wildman–Crippen LogP) is 4.35. The van der Waals surface area contributed by atoms with Crippen LogP contribution in [0.4, 0.5) is 0 Å². The number of carbonyl (C=O) groups is 1. The molecule has 2 aromatic rings. The van der Waals surface area contributed by atoms with Crippen LogP contribution in [0.15, 0.2) is 42.5 Å². The van der Waals surface area contributed by atoms with Gasteiger partial charge in [-0.2, -0.15) is 0 Å². The first kappa shape index (κ1) is 18.8. The minimum absolute atomic E-state index is 0.0737. The molecule has 0 heterocycles. The molecule has 4 nitrogen and oxygen atoms in total. The number of amides is 1. The first-order valence-electron chi connectivity index (χ1n) is 8.62. The molecule has 25 heavy (non-hydrogen) atoms. The van der Waals surface area contributed by atoms with Gasteiger partial charge < -0.3 is 14.8 Å². The fraction of sp³-hybridized carbons (Fsp3) is 0.381. The molecule has 0 aliphatic rings. The van der Waals surface area contributed by atoms with E-state index < -0.39 is 6.10 Å². The van der Waals surface area contributed by atoms with Crippen molar-refractivity contribution in [3.05, 3.63) is 59.2 Å². The maximum absolute atomic E-state index is 12.6. The fourth-order valence-corrected chi connectivity index (χ4v) is 2.77. The smallest absolute Gasteiger partial charge is 0.261 e. The molecule has 2 aromatic carbocycles. The highest BCUT2D eigenvalue weighted by Crippen LogP contribution is 2.22. The lowest BCUT2D eigenvalue weighted by atomic mass is 10.00. The van der Waals surface area contributed by atoms with E-state index >= 15 is 0 Å². The molecule has 2 unspecified atom stereocenters. The molecule has 0 saturated carbocycles. The maximum Gasteiger partial charge on any atom is 0.261 e. The maximum atomic E-state index is 12.6. The van der Waals surface area contributed by atoms with Gasteiger partial charge in [0, 0.05) is 6.07 Å². The Morgan fingerprint density at radius 1 is 1.12 bits per heavy atom. The number of hydrogen-bond acceptors (Lipinski definition) is 3. The summed E-state index contributed by atoms with van der Waals surface area (Å²) in [6.07, 6.45) is 0.0439. The highest BCUT2D eigenvalue weighted by Gasteiger charge is 2.21. The van der Waals surface area contributed by atoms with Crippen LogP contribution in [0.25, 0.3) is 0 Å². The van der Waals surface area contributed by atoms with Crippen molar-refractivity contribution in [2.24, 2.45) is 0 Å². The number of carbonyl (C=O) groups excluding carboxylic acids is 1. The Hall–Kier alpha value is -2.49. The van der Waals surface area contributed by atoms with Gasteiger partial charge in [0.1, 0.15) is 11.5 Å². The van der Waals surface area contributed by atoms with E-state index in [4.69, 9.17) is 9.47 Å². The Bertz CT molecular complexity index is 727. The molecule has 0 aliphatic heterocycles. The molecule has 1 N–H and O–H groups in total. The first-order valence-corrected chi connectivity index (χ1v) is 8.62. The summed E-state index contributed by atoms with van der Waals surface area (Å²) in [6.45, 7) is 8.05. The minimum Gasteiger partial charge on any atom is -0.497 e. The second-order valence-corrected chi connectivity index (χ2v) is 6.28. The van der Waals surface area contributed by atoms with E-state index in [0.29, 0.717) is 17.9 Å². The number of benzene rings is 2. The summed E-state index contributed by atoms with van der Waals surface area (Å²) < 4.78 is 11.1. The van der Waals surface area contributed by atoms with Gasteiger partial charge in [0.15, 0.2) is 6.10 Å². The van der Waals surface area contributed by atoms with Gasteiger partial charge in [-0.15, -0.1) is 0 Å². The summed E-state index contributed by atoms with van der Waals surface area (Å²) in [5.41, 5.74) is 3.48. The summed E-state index contributed by atoms with van der Waals surface area (Å²) in [5.74, 6) is 1.22.